The van der Waals surface area contributed by atoms with Crippen LogP contribution in [-0.2, 0) is 24.6 Å². The van der Waals surface area contributed by atoms with Crippen LogP contribution in [0.15, 0.2) is 24.3 Å². The van der Waals surface area contributed by atoms with E-state index in [1.807, 2.05) is 63.2 Å². The topological polar surface area (TPSA) is 123 Å². The summed E-state index contributed by atoms with van der Waals surface area (Å²) in [6, 6.07) is 5.91. The molecule has 2 amide bonds. The zero-order valence-corrected chi connectivity index (χ0v) is 27.4. The Morgan fingerprint density at radius 2 is 1.98 bits per heavy atom. The first kappa shape index (κ1) is 32.4. The van der Waals surface area contributed by atoms with Crippen molar-refractivity contribution in [3.63, 3.8) is 0 Å². The van der Waals surface area contributed by atoms with Gasteiger partial charge in [0.25, 0.3) is 0 Å². The Kier molecular flexibility index (Phi) is 10.1. The van der Waals surface area contributed by atoms with Gasteiger partial charge in [0, 0.05) is 14.5 Å². The number of rotatable bonds is 6. The highest BCUT2D eigenvalue weighted by atomic mass is 28.3. The van der Waals surface area contributed by atoms with Crippen molar-refractivity contribution < 1.29 is 28.6 Å². The zero-order valence-electron chi connectivity index (χ0n) is 26.4. The van der Waals surface area contributed by atoms with Crippen molar-refractivity contribution in [2.24, 2.45) is 0 Å². The van der Waals surface area contributed by atoms with E-state index >= 15 is 0 Å². The standard InChI is InChI=1S/C31H45N5O6Si/c1-31(2,35(3)4)29-33-24-13-12-21-11-9-8-10-14-41-30(39)32-19-26(37)36-20-22(42-27(34-29)23(24)17-21)18-25(36)28(38)40-15-16-43(5,6)7/h9,11-13,17,22,25H,8,10,14-16,18-20H2,1-7H3,(H,32,39)/t22-,25-/m0/s1. The van der Waals surface area contributed by atoms with Crippen molar-refractivity contribution in [1.82, 2.24) is 25.1 Å². The van der Waals surface area contributed by atoms with E-state index in [2.05, 4.69) is 25.0 Å². The summed E-state index contributed by atoms with van der Waals surface area (Å²) < 4.78 is 17.4. The molecule has 2 aliphatic rings. The first-order chi connectivity index (χ1) is 20.2. The van der Waals surface area contributed by atoms with Gasteiger partial charge in [-0.2, -0.15) is 4.98 Å². The molecule has 0 radical (unpaired) electrons. The number of fused-ring (bicyclic) bond motifs is 3. The minimum Gasteiger partial charge on any atom is -0.472 e. The lowest BCUT2D eigenvalue weighted by Gasteiger charge is -2.31. The zero-order chi connectivity index (χ0) is 31.4. The quantitative estimate of drug-likeness (QED) is 0.378. The number of allylic oxidation sites excluding steroid dienone is 1. The Morgan fingerprint density at radius 3 is 2.70 bits per heavy atom. The van der Waals surface area contributed by atoms with Crippen LogP contribution in [0.2, 0.25) is 25.7 Å². The molecule has 12 heteroatoms. The SMILES string of the molecule is CN(C)C(C)(C)c1nc2c3cc(ccc3n1)C=CCCCOC(=O)NCC(=O)N1C[C@H](C[C@H]1C(=O)OCC[Si](C)(C)C)O2. The average Bonchev–Trinajstić information content (AvgIpc) is 3.36. The Hall–Kier alpha value is -3.51. The number of aromatic nitrogens is 2. The number of alkyl carbamates (subject to hydrolysis) is 1. The average molecular weight is 612 g/mol. The maximum absolute atomic E-state index is 13.3. The van der Waals surface area contributed by atoms with Gasteiger partial charge in [0.1, 0.15) is 18.7 Å². The molecular formula is C31H45N5O6Si. The van der Waals surface area contributed by atoms with Gasteiger partial charge in [0.2, 0.25) is 11.8 Å². The predicted molar refractivity (Wildman–Crippen MR) is 168 cm³/mol. The van der Waals surface area contributed by atoms with Crippen LogP contribution < -0.4 is 10.1 Å². The highest BCUT2D eigenvalue weighted by Crippen LogP contribution is 2.32. The number of ether oxygens (including phenoxy) is 3. The summed E-state index contributed by atoms with van der Waals surface area (Å²) in [4.78, 5) is 52.1. The largest absolute Gasteiger partial charge is 0.472 e. The predicted octanol–water partition coefficient (Wildman–Crippen LogP) is 4.19. The number of amides is 2. The van der Waals surface area contributed by atoms with Crippen LogP contribution in [0.1, 0.15) is 44.5 Å². The summed E-state index contributed by atoms with van der Waals surface area (Å²) in [5, 5.41) is 3.26. The van der Waals surface area contributed by atoms with Crippen molar-refractivity contribution in [2.45, 2.75) is 76.5 Å². The Bertz CT molecular complexity index is 1370. The summed E-state index contributed by atoms with van der Waals surface area (Å²) in [6.45, 7) is 11.1. The van der Waals surface area contributed by atoms with Crippen molar-refractivity contribution in [3.05, 3.63) is 35.7 Å². The molecule has 1 aromatic heterocycles. The summed E-state index contributed by atoms with van der Waals surface area (Å²) in [5.41, 5.74) is 1.21. The second kappa shape index (κ2) is 13.4. The lowest BCUT2D eigenvalue weighted by atomic mass is 10.0. The molecule has 4 rings (SSSR count). The van der Waals surface area contributed by atoms with E-state index in [0.29, 0.717) is 31.2 Å². The maximum atomic E-state index is 13.3. The molecule has 234 valence electrons. The van der Waals surface area contributed by atoms with Crippen LogP contribution in [0.5, 0.6) is 5.88 Å². The van der Waals surface area contributed by atoms with Crippen LogP contribution in [0.4, 0.5) is 4.79 Å². The number of cyclic esters (lactones) is 1. The van der Waals surface area contributed by atoms with Gasteiger partial charge in [-0.3, -0.25) is 9.69 Å². The van der Waals surface area contributed by atoms with Crippen LogP contribution in [-0.4, -0.2) is 98.4 Å². The van der Waals surface area contributed by atoms with Crippen LogP contribution in [0.3, 0.4) is 0 Å². The van der Waals surface area contributed by atoms with E-state index in [-0.39, 0.29) is 26.1 Å². The smallest absolute Gasteiger partial charge is 0.407 e. The fraction of sp³-hybridized carbons (Fsp3) is 0.581. The van der Waals surface area contributed by atoms with Crippen LogP contribution in [0.25, 0.3) is 17.0 Å². The number of carbonyl (C=O) groups excluding carboxylic acids is 3. The second-order valence-electron chi connectivity index (χ2n) is 13.1. The van der Waals surface area contributed by atoms with Gasteiger partial charge in [0.15, 0.2) is 5.82 Å². The normalized spacial score (nSPS) is 20.4. The molecule has 0 spiro atoms. The fourth-order valence-corrected chi connectivity index (χ4v) is 5.48. The number of carbonyl (C=O) groups is 3. The van der Waals surface area contributed by atoms with Gasteiger partial charge >= 0.3 is 12.1 Å². The molecule has 1 aromatic carbocycles. The summed E-state index contributed by atoms with van der Waals surface area (Å²) in [6.07, 6.45) is 4.39. The maximum Gasteiger partial charge on any atom is 0.407 e. The lowest BCUT2D eigenvalue weighted by molar-refractivity contribution is -0.152. The van der Waals surface area contributed by atoms with E-state index in [9.17, 15) is 14.4 Å². The lowest BCUT2D eigenvalue weighted by Crippen LogP contribution is -2.46. The van der Waals surface area contributed by atoms with Crippen molar-refractivity contribution >= 4 is 43.0 Å². The molecule has 0 aliphatic carbocycles. The van der Waals surface area contributed by atoms with E-state index in [4.69, 9.17) is 24.2 Å². The van der Waals surface area contributed by atoms with E-state index < -0.39 is 43.7 Å². The highest BCUT2D eigenvalue weighted by molar-refractivity contribution is 6.76. The van der Waals surface area contributed by atoms with Crippen LogP contribution in [0, 0.1) is 0 Å². The molecule has 1 fully saturated rings. The van der Waals surface area contributed by atoms with Gasteiger partial charge in [-0.25, -0.2) is 14.6 Å². The van der Waals surface area contributed by atoms with E-state index in [1.165, 1.54) is 4.90 Å². The molecule has 43 heavy (non-hydrogen) atoms. The molecule has 2 atom stereocenters. The minimum atomic E-state index is -1.43. The van der Waals surface area contributed by atoms with Gasteiger partial charge in [-0.05, 0) is 64.5 Å². The minimum absolute atomic E-state index is 0.140. The molecule has 2 aliphatic heterocycles. The van der Waals surface area contributed by atoms with Gasteiger partial charge < -0.3 is 24.4 Å². The summed E-state index contributed by atoms with van der Waals surface area (Å²) in [5.74, 6) is 0.114. The van der Waals surface area contributed by atoms with E-state index in [0.717, 1.165) is 22.5 Å². The molecule has 1 N–H and O–H groups in total. The first-order valence-corrected chi connectivity index (χ1v) is 18.6. The van der Waals surface area contributed by atoms with Crippen molar-refractivity contribution in [2.75, 3.05) is 40.4 Å². The second-order valence-corrected chi connectivity index (χ2v) is 18.8. The van der Waals surface area contributed by atoms with Crippen molar-refractivity contribution in [1.29, 1.82) is 0 Å². The highest BCUT2D eigenvalue weighted by Gasteiger charge is 2.42. The molecule has 4 bridgehead atoms. The number of esters is 1. The third-order valence-corrected chi connectivity index (χ3v) is 9.73. The number of benzene rings is 1. The monoisotopic (exact) mass is 611 g/mol. The van der Waals surface area contributed by atoms with Crippen LogP contribution >= 0.6 is 0 Å². The Morgan fingerprint density at radius 1 is 1.21 bits per heavy atom. The molecule has 0 unspecified atom stereocenters. The Labute approximate surface area is 255 Å². The molecule has 3 heterocycles. The van der Waals surface area contributed by atoms with E-state index in [1.54, 1.807) is 0 Å². The molecule has 2 aromatic rings. The first-order valence-electron chi connectivity index (χ1n) is 14.9. The fourth-order valence-electron chi connectivity index (χ4n) is 4.76. The third-order valence-electron chi connectivity index (χ3n) is 8.02. The number of hydrogen-bond acceptors (Lipinski definition) is 9. The third kappa shape index (κ3) is 8.32. The van der Waals surface area contributed by atoms with Crippen molar-refractivity contribution in [3.8, 4) is 5.88 Å². The summed E-state index contributed by atoms with van der Waals surface area (Å²) in [7, 11) is 2.52. The summed E-state index contributed by atoms with van der Waals surface area (Å²) >= 11 is 0. The molecule has 11 nitrogen and oxygen atoms in total. The van der Waals surface area contributed by atoms with Gasteiger partial charge in [-0.15, -0.1) is 0 Å². The van der Waals surface area contributed by atoms with Gasteiger partial charge in [-0.1, -0.05) is 37.9 Å². The Balaban J connectivity index is 1.71. The van der Waals surface area contributed by atoms with Gasteiger partial charge in [0.05, 0.1) is 36.2 Å². The molecule has 1 saturated heterocycles. The molecule has 0 saturated carbocycles. The number of nitrogens with zero attached hydrogens (tertiary/aromatic N) is 4. The molecular weight excluding hydrogens is 566 g/mol. The number of hydrogen-bond donors (Lipinski definition) is 1. The number of nitrogens with one attached hydrogen (secondary N) is 1.